The van der Waals surface area contributed by atoms with Crippen LogP contribution in [0.1, 0.15) is 19.0 Å². The average molecular weight is 290 g/mol. The second-order valence-electron chi connectivity index (χ2n) is 5.19. The van der Waals surface area contributed by atoms with Crippen LogP contribution in [0, 0.1) is 0 Å². The number of aryl methyl sites for hydroxylation is 1. The summed E-state index contributed by atoms with van der Waals surface area (Å²) in [6.07, 6.45) is 0.996. The van der Waals surface area contributed by atoms with E-state index in [9.17, 15) is 0 Å². The molecule has 0 saturated heterocycles. The molecule has 0 aliphatic carbocycles. The van der Waals surface area contributed by atoms with Crippen molar-refractivity contribution in [3.63, 3.8) is 0 Å². The Morgan fingerprint density at radius 1 is 1.29 bits per heavy atom. The number of ether oxygens (including phenoxy) is 1. The number of nitrogens with two attached hydrogens (primary N) is 1. The fraction of sp³-hybridized carbons (Fsp3) is 0.562. The number of benzene rings is 1. The molecule has 0 aliphatic rings. The molecule has 0 radical (unpaired) electrons. The molecule has 5 nitrogen and oxygen atoms in total. The molecule has 2 rings (SSSR count). The molecule has 2 N–H and O–H groups in total. The average Bonchev–Trinajstić information content (AvgIpc) is 2.88. The number of fused-ring (bicyclic) bond motifs is 1. The first-order valence-electron chi connectivity index (χ1n) is 7.66. The van der Waals surface area contributed by atoms with E-state index in [2.05, 4.69) is 40.8 Å². The van der Waals surface area contributed by atoms with Crippen LogP contribution >= 0.6 is 0 Å². The van der Waals surface area contributed by atoms with Gasteiger partial charge in [-0.15, -0.1) is 0 Å². The largest absolute Gasteiger partial charge is 0.383 e. The minimum Gasteiger partial charge on any atom is -0.383 e. The molecule has 2 aromatic rings. The van der Waals surface area contributed by atoms with Gasteiger partial charge in [0, 0.05) is 32.1 Å². The standard InChI is InChI=1S/C16H26N4O/c1-3-20-16-8-5-4-7-14(16)15(18-20)13-19(10-6-9-17)11-12-21-2/h4-5,7-8H,3,6,9-13,17H2,1-2H3. The topological polar surface area (TPSA) is 56.3 Å². The summed E-state index contributed by atoms with van der Waals surface area (Å²) in [4.78, 5) is 2.37. The maximum atomic E-state index is 5.64. The predicted molar refractivity (Wildman–Crippen MR) is 86.2 cm³/mol. The molecule has 116 valence electrons. The van der Waals surface area contributed by atoms with Gasteiger partial charge in [0.25, 0.3) is 0 Å². The van der Waals surface area contributed by atoms with Gasteiger partial charge < -0.3 is 10.5 Å². The van der Waals surface area contributed by atoms with Gasteiger partial charge >= 0.3 is 0 Å². The van der Waals surface area contributed by atoms with E-state index in [1.54, 1.807) is 7.11 Å². The molecule has 0 aliphatic heterocycles. The Labute approximate surface area is 126 Å². The van der Waals surface area contributed by atoms with Crippen molar-refractivity contribution in [1.29, 1.82) is 0 Å². The summed E-state index contributed by atoms with van der Waals surface area (Å²) >= 11 is 0. The monoisotopic (exact) mass is 290 g/mol. The van der Waals surface area contributed by atoms with Gasteiger partial charge in [0.05, 0.1) is 17.8 Å². The molecule has 1 aromatic carbocycles. The summed E-state index contributed by atoms with van der Waals surface area (Å²) < 4.78 is 7.28. The molecule has 1 aromatic heterocycles. The van der Waals surface area contributed by atoms with E-state index in [-0.39, 0.29) is 0 Å². The smallest absolute Gasteiger partial charge is 0.0843 e. The number of hydrogen-bond donors (Lipinski definition) is 1. The minimum atomic E-state index is 0.716. The van der Waals surface area contributed by atoms with Gasteiger partial charge in [0.15, 0.2) is 0 Å². The first-order chi connectivity index (χ1) is 10.3. The maximum Gasteiger partial charge on any atom is 0.0843 e. The highest BCUT2D eigenvalue weighted by Crippen LogP contribution is 2.19. The molecule has 21 heavy (non-hydrogen) atoms. The fourth-order valence-corrected chi connectivity index (χ4v) is 2.57. The van der Waals surface area contributed by atoms with Crippen molar-refractivity contribution < 1.29 is 4.74 Å². The Kier molecular flexibility index (Phi) is 6.17. The molecule has 0 fully saturated rings. The summed E-state index contributed by atoms with van der Waals surface area (Å²) in [5.74, 6) is 0. The molecule has 0 unspecified atom stereocenters. The molecule has 5 heteroatoms. The first-order valence-corrected chi connectivity index (χ1v) is 7.66. The Hall–Kier alpha value is -1.43. The lowest BCUT2D eigenvalue weighted by Gasteiger charge is -2.20. The normalized spacial score (nSPS) is 11.6. The molecule has 0 atom stereocenters. The lowest BCUT2D eigenvalue weighted by Crippen LogP contribution is -2.29. The van der Waals surface area contributed by atoms with E-state index in [1.807, 2.05) is 0 Å². The van der Waals surface area contributed by atoms with Crippen molar-refractivity contribution in [3.05, 3.63) is 30.0 Å². The SMILES string of the molecule is CCn1nc(CN(CCCN)CCOC)c2ccccc21. The van der Waals surface area contributed by atoms with E-state index in [0.717, 1.165) is 44.9 Å². The summed E-state index contributed by atoms with van der Waals surface area (Å²) in [6.45, 7) is 7.19. The van der Waals surface area contributed by atoms with Crippen LogP contribution in [0.3, 0.4) is 0 Å². The second-order valence-corrected chi connectivity index (χ2v) is 5.19. The van der Waals surface area contributed by atoms with Gasteiger partial charge in [-0.25, -0.2) is 0 Å². The predicted octanol–water partition coefficient (Wildman–Crippen LogP) is 1.85. The van der Waals surface area contributed by atoms with Gasteiger partial charge in [-0.3, -0.25) is 9.58 Å². The van der Waals surface area contributed by atoms with Crippen LogP contribution in [0.15, 0.2) is 24.3 Å². The molecule has 0 spiro atoms. The Bertz CT molecular complexity index is 544. The quantitative estimate of drug-likeness (QED) is 0.766. The molecular weight excluding hydrogens is 264 g/mol. The highest BCUT2D eigenvalue weighted by molar-refractivity contribution is 5.81. The van der Waals surface area contributed by atoms with Crippen molar-refractivity contribution >= 4 is 10.9 Å². The number of para-hydroxylation sites is 1. The second kappa shape index (κ2) is 8.12. The fourth-order valence-electron chi connectivity index (χ4n) is 2.57. The summed E-state index contributed by atoms with van der Waals surface area (Å²) in [7, 11) is 1.74. The van der Waals surface area contributed by atoms with E-state index < -0.39 is 0 Å². The number of rotatable bonds is 9. The molecular formula is C16H26N4O. The van der Waals surface area contributed by atoms with Crippen molar-refractivity contribution in [1.82, 2.24) is 14.7 Å². The van der Waals surface area contributed by atoms with Crippen molar-refractivity contribution in [3.8, 4) is 0 Å². The maximum absolute atomic E-state index is 5.64. The third-order valence-corrected chi connectivity index (χ3v) is 3.70. The Morgan fingerprint density at radius 3 is 2.81 bits per heavy atom. The first kappa shape index (κ1) is 15.9. The summed E-state index contributed by atoms with van der Waals surface area (Å²) in [5, 5.41) is 6.01. The van der Waals surface area contributed by atoms with Crippen LogP contribution < -0.4 is 5.73 Å². The van der Waals surface area contributed by atoms with Gasteiger partial charge in [0.1, 0.15) is 0 Å². The third kappa shape index (κ3) is 4.03. The van der Waals surface area contributed by atoms with Crippen LogP contribution in [-0.2, 0) is 17.8 Å². The third-order valence-electron chi connectivity index (χ3n) is 3.70. The lowest BCUT2D eigenvalue weighted by atomic mass is 10.2. The highest BCUT2D eigenvalue weighted by Gasteiger charge is 2.13. The van der Waals surface area contributed by atoms with E-state index in [0.29, 0.717) is 6.54 Å². The zero-order valence-electron chi connectivity index (χ0n) is 13.1. The zero-order chi connectivity index (χ0) is 15.1. The van der Waals surface area contributed by atoms with Crippen LogP contribution in [0.25, 0.3) is 10.9 Å². The Morgan fingerprint density at radius 2 is 2.10 bits per heavy atom. The van der Waals surface area contributed by atoms with Crippen LogP contribution in [0.4, 0.5) is 0 Å². The molecule has 1 heterocycles. The molecule has 0 saturated carbocycles. The number of nitrogens with zero attached hydrogens (tertiary/aromatic N) is 3. The lowest BCUT2D eigenvalue weighted by molar-refractivity contribution is 0.143. The van der Waals surface area contributed by atoms with Crippen LogP contribution in [0.2, 0.25) is 0 Å². The molecule has 0 amide bonds. The van der Waals surface area contributed by atoms with Gasteiger partial charge in [0.2, 0.25) is 0 Å². The van der Waals surface area contributed by atoms with Crippen LogP contribution in [-0.4, -0.2) is 48.0 Å². The molecule has 0 bridgehead atoms. The minimum absolute atomic E-state index is 0.716. The Balaban J connectivity index is 2.19. The summed E-state index contributed by atoms with van der Waals surface area (Å²) in [6, 6.07) is 8.43. The number of aromatic nitrogens is 2. The van der Waals surface area contributed by atoms with E-state index >= 15 is 0 Å². The number of methoxy groups -OCH3 is 1. The highest BCUT2D eigenvalue weighted by atomic mass is 16.5. The van der Waals surface area contributed by atoms with Crippen molar-refractivity contribution in [2.75, 3.05) is 33.4 Å². The van der Waals surface area contributed by atoms with Gasteiger partial charge in [-0.1, -0.05) is 18.2 Å². The van der Waals surface area contributed by atoms with E-state index in [4.69, 9.17) is 15.6 Å². The number of hydrogen-bond acceptors (Lipinski definition) is 4. The van der Waals surface area contributed by atoms with E-state index in [1.165, 1.54) is 10.9 Å². The van der Waals surface area contributed by atoms with Crippen molar-refractivity contribution in [2.24, 2.45) is 5.73 Å². The van der Waals surface area contributed by atoms with Crippen LogP contribution in [0.5, 0.6) is 0 Å². The van der Waals surface area contributed by atoms with Gasteiger partial charge in [-0.05, 0) is 32.5 Å². The van der Waals surface area contributed by atoms with Gasteiger partial charge in [-0.2, -0.15) is 5.10 Å². The summed E-state index contributed by atoms with van der Waals surface area (Å²) in [5.41, 5.74) is 7.99. The van der Waals surface area contributed by atoms with Crippen molar-refractivity contribution in [2.45, 2.75) is 26.4 Å². The zero-order valence-corrected chi connectivity index (χ0v) is 13.1.